The Morgan fingerprint density at radius 1 is 1.03 bits per heavy atom. The summed E-state index contributed by atoms with van der Waals surface area (Å²) in [6.07, 6.45) is 0.832. The van der Waals surface area contributed by atoms with Gasteiger partial charge in [-0.3, -0.25) is 9.59 Å². The Morgan fingerprint density at radius 3 is 2.31 bits per heavy atom. The van der Waals surface area contributed by atoms with Crippen LogP contribution < -0.4 is 5.32 Å². The standard InChI is InChI=1S/C23H29FN2O2S/c1-4-17(2)25-23(28)18(3)26(14-19-8-6-5-7-9-19)22(27)16-29-15-20-10-12-21(24)13-11-20/h5-13,17-18H,4,14-16H2,1-3H3,(H,25,28)/t17-,18-/m1/s1. The second-order valence-electron chi connectivity index (χ2n) is 7.12. The van der Waals surface area contributed by atoms with Crippen LogP contribution in [0.1, 0.15) is 38.3 Å². The van der Waals surface area contributed by atoms with Crippen molar-refractivity contribution in [2.24, 2.45) is 0 Å². The number of benzene rings is 2. The molecule has 0 saturated heterocycles. The van der Waals surface area contributed by atoms with Crippen molar-refractivity contribution in [2.45, 2.75) is 51.6 Å². The molecule has 156 valence electrons. The number of amides is 2. The van der Waals surface area contributed by atoms with Crippen molar-refractivity contribution in [1.29, 1.82) is 0 Å². The number of halogens is 1. The van der Waals surface area contributed by atoms with Crippen LogP contribution >= 0.6 is 11.8 Å². The SMILES string of the molecule is CC[C@@H](C)NC(=O)[C@@H](C)N(Cc1ccccc1)C(=O)CSCc1ccc(F)cc1. The molecule has 0 radical (unpaired) electrons. The topological polar surface area (TPSA) is 49.4 Å². The maximum Gasteiger partial charge on any atom is 0.242 e. The zero-order chi connectivity index (χ0) is 21.2. The van der Waals surface area contributed by atoms with Crippen LogP contribution in [-0.4, -0.2) is 34.6 Å². The van der Waals surface area contributed by atoms with Crippen molar-refractivity contribution < 1.29 is 14.0 Å². The van der Waals surface area contributed by atoms with Crippen LogP contribution in [0.5, 0.6) is 0 Å². The predicted octanol–water partition coefficient (Wildman–Crippen LogP) is 4.39. The second kappa shape index (κ2) is 11.6. The Labute approximate surface area is 176 Å². The first-order chi connectivity index (χ1) is 13.9. The van der Waals surface area contributed by atoms with Gasteiger partial charge in [-0.15, -0.1) is 11.8 Å². The number of nitrogens with one attached hydrogen (secondary N) is 1. The summed E-state index contributed by atoms with van der Waals surface area (Å²) in [5.74, 6) is 0.356. The Balaban J connectivity index is 2.03. The molecular weight excluding hydrogens is 387 g/mol. The molecule has 29 heavy (non-hydrogen) atoms. The van der Waals surface area contributed by atoms with E-state index in [2.05, 4.69) is 5.32 Å². The first-order valence-corrected chi connectivity index (χ1v) is 11.0. The Kier molecular flexibility index (Phi) is 9.19. The third-order valence-corrected chi connectivity index (χ3v) is 5.76. The molecule has 0 saturated carbocycles. The van der Waals surface area contributed by atoms with Gasteiger partial charge in [0.05, 0.1) is 5.75 Å². The molecule has 6 heteroatoms. The molecule has 0 aliphatic heterocycles. The quantitative estimate of drug-likeness (QED) is 0.625. The van der Waals surface area contributed by atoms with Crippen LogP contribution in [0.25, 0.3) is 0 Å². The van der Waals surface area contributed by atoms with Gasteiger partial charge in [0.2, 0.25) is 11.8 Å². The summed E-state index contributed by atoms with van der Waals surface area (Å²) in [6, 6.07) is 15.4. The Morgan fingerprint density at radius 2 is 1.69 bits per heavy atom. The molecule has 2 amide bonds. The maximum absolute atomic E-state index is 13.0. The van der Waals surface area contributed by atoms with Crippen LogP contribution in [0.3, 0.4) is 0 Å². The van der Waals surface area contributed by atoms with Crippen molar-refractivity contribution in [3.63, 3.8) is 0 Å². The largest absolute Gasteiger partial charge is 0.352 e. The lowest BCUT2D eigenvalue weighted by Crippen LogP contribution is -2.50. The zero-order valence-corrected chi connectivity index (χ0v) is 18.0. The molecule has 0 heterocycles. The predicted molar refractivity (Wildman–Crippen MR) is 117 cm³/mol. The molecule has 1 N–H and O–H groups in total. The van der Waals surface area contributed by atoms with E-state index in [-0.39, 0.29) is 29.4 Å². The number of nitrogens with zero attached hydrogens (tertiary/aromatic N) is 1. The van der Waals surface area contributed by atoms with E-state index in [1.165, 1.54) is 23.9 Å². The highest BCUT2D eigenvalue weighted by Crippen LogP contribution is 2.16. The fourth-order valence-corrected chi connectivity index (χ4v) is 3.62. The summed E-state index contributed by atoms with van der Waals surface area (Å²) in [5, 5.41) is 2.96. The fourth-order valence-electron chi connectivity index (χ4n) is 2.75. The molecule has 0 bridgehead atoms. The summed E-state index contributed by atoms with van der Waals surface area (Å²) >= 11 is 1.46. The van der Waals surface area contributed by atoms with Gasteiger partial charge in [-0.1, -0.05) is 49.4 Å². The highest BCUT2D eigenvalue weighted by Gasteiger charge is 2.26. The number of hydrogen-bond acceptors (Lipinski definition) is 3. The van der Waals surface area contributed by atoms with Gasteiger partial charge in [0, 0.05) is 18.3 Å². The second-order valence-corrected chi connectivity index (χ2v) is 8.11. The molecule has 2 aromatic rings. The molecule has 0 unspecified atom stereocenters. The van der Waals surface area contributed by atoms with Gasteiger partial charge in [0.1, 0.15) is 11.9 Å². The number of hydrogen-bond donors (Lipinski definition) is 1. The molecule has 2 rings (SSSR count). The molecule has 0 aliphatic carbocycles. The number of carbonyl (C=O) groups is 2. The Bertz CT molecular complexity index is 783. The first-order valence-electron chi connectivity index (χ1n) is 9.86. The average Bonchev–Trinajstić information content (AvgIpc) is 2.73. The number of rotatable bonds is 10. The van der Waals surface area contributed by atoms with Gasteiger partial charge >= 0.3 is 0 Å². The summed E-state index contributed by atoms with van der Waals surface area (Å²) in [7, 11) is 0. The molecule has 0 spiro atoms. The molecule has 2 aromatic carbocycles. The van der Waals surface area contributed by atoms with E-state index in [4.69, 9.17) is 0 Å². The van der Waals surface area contributed by atoms with E-state index in [1.54, 1.807) is 24.0 Å². The summed E-state index contributed by atoms with van der Waals surface area (Å²) in [5.41, 5.74) is 1.94. The minimum absolute atomic E-state index is 0.0616. The van der Waals surface area contributed by atoms with Crippen LogP contribution in [0.15, 0.2) is 54.6 Å². The smallest absolute Gasteiger partial charge is 0.242 e. The lowest BCUT2D eigenvalue weighted by Gasteiger charge is -2.29. The monoisotopic (exact) mass is 416 g/mol. The van der Waals surface area contributed by atoms with Crippen LogP contribution in [-0.2, 0) is 21.9 Å². The minimum Gasteiger partial charge on any atom is -0.352 e. The van der Waals surface area contributed by atoms with Gasteiger partial charge in [0.15, 0.2) is 0 Å². The van der Waals surface area contributed by atoms with Crippen LogP contribution in [0, 0.1) is 5.82 Å². The molecule has 2 atom stereocenters. The molecule has 4 nitrogen and oxygen atoms in total. The number of carbonyl (C=O) groups excluding carboxylic acids is 2. The highest BCUT2D eigenvalue weighted by molar-refractivity contribution is 7.99. The lowest BCUT2D eigenvalue weighted by molar-refractivity contribution is -0.138. The minimum atomic E-state index is -0.567. The van der Waals surface area contributed by atoms with E-state index >= 15 is 0 Å². The van der Waals surface area contributed by atoms with Gasteiger partial charge in [-0.05, 0) is 43.5 Å². The van der Waals surface area contributed by atoms with Crippen molar-refractivity contribution in [3.8, 4) is 0 Å². The summed E-state index contributed by atoms with van der Waals surface area (Å²) in [4.78, 5) is 27.2. The third-order valence-electron chi connectivity index (χ3n) is 4.77. The van der Waals surface area contributed by atoms with Gasteiger partial charge in [-0.2, -0.15) is 0 Å². The van der Waals surface area contributed by atoms with Gasteiger partial charge < -0.3 is 10.2 Å². The van der Waals surface area contributed by atoms with Crippen molar-refractivity contribution in [3.05, 3.63) is 71.5 Å². The Hall–Kier alpha value is -2.34. The summed E-state index contributed by atoms with van der Waals surface area (Å²) < 4.78 is 13.0. The fraction of sp³-hybridized carbons (Fsp3) is 0.391. The van der Waals surface area contributed by atoms with E-state index < -0.39 is 6.04 Å². The van der Waals surface area contributed by atoms with Gasteiger partial charge in [0.25, 0.3) is 0 Å². The van der Waals surface area contributed by atoms with E-state index in [0.717, 1.165) is 17.5 Å². The summed E-state index contributed by atoms with van der Waals surface area (Å²) in [6.45, 7) is 6.11. The van der Waals surface area contributed by atoms with Crippen LogP contribution in [0.2, 0.25) is 0 Å². The lowest BCUT2D eigenvalue weighted by atomic mass is 10.1. The van der Waals surface area contributed by atoms with E-state index in [0.29, 0.717) is 12.3 Å². The highest BCUT2D eigenvalue weighted by atomic mass is 32.2. The average molecular weight is 417 g/mol. The molecule has 0 aliphatic rings. The van der Waals surface area contributed by atoms with Crippen molar-refractivity contribution in [2.75, 3.05) is 5.75 Å². The van der Waals surface area contributed by atoms with Crippen molar-refractivity contribution in [1.82, 2.24) is 10.2 Å². The van der Waals surface area contributed by atoms with Gasteiger partial charge in [-0.25, -0.2) is 4.39 Å². The number of thioether (sulfide) groups is 1. The molecule has 0 fully saturated rings. The van der Waals surface area contributed by atoms with E-state index in [1.807, 2.05) is 44.2 Å². The zero-order valence-electron chi connectivity index (χ0n) is 17.2. The normalized spacial score (nSPS) is 12.8. The molecule has 0 aromatic heterocycles. The maximum atomic E-state index is 13.0. The van der Waals surface area contributed by atoms with Crippen LogP contribution in [0.4, 0.5) is 4.39 Å². The first kappa shape index (κ1) is 22.9. The third kappa shape index (κ3) is 7.54. The van der Waals surface area contributed by atoms with E-state index in [9.17, 15) is 14.0 Å². The van der Waals surface area contributed by atoms with Crippen molar-refractivity contribution >= 4 is 23.6 Å². The molecular formula is C23H29FN2O2S.